The SMILES string of the molecule is CCCN(CCC)Cc1cccc2[nH]c3c(C)ccc(C)c3c12.Cl. The standard InChI is InChI=1S/C21H28N2.ClH/c1-5-12-23(13-6-2)14-17-8-7-9-18-20(17)19-15(3)10-11-16(4)21(19)22-18;/h7-11,22H,5-6,12-14H2,1-4H3;1H. The molecule has 0 atom stereocenters. The van der Waals surface area contributed by atoms with Crippen LogP contribution >= 0.6 is 12.4 Å². The van der Waals surface area contributed by atoms with Gasteiger partial charge in [-0.1, -0.05) is 38.1 Å². The fraction of sp³-hybridized carbons (Fsp3) is 0.429. The molecule has 0 radical (unpaired) electrons. The third-order valence-corrected chi connectivity index (χ3v) is 4.76. The van der Waals surface area contributed by atoms with Crippen molar-refractivity contribution in [3.63, 3.8) is 0 Å². The molecule has 24 heavy (non-hydrogen) atoms. The number of aromatic amines is 1. The van der Waals surface area contributed by atoms with E-state index in [-0.39, 0.29) is 12.4 Å². The summed E-state index contributed by atoms with van der Waals surface area (Å²) in [4.78, 5) is 6.23. The van der Waals surface area contributed by atoms with E-state index in [9.17, 15) is 0 Å². The highest BCUT2D eigenvalue weighted by molar-refractivity contribution is 6.11. The summed E-state index contributed by atoms with van der Waals surface area (Å²) < 4.78 is 0. The van der Waals surface area contributed by atoms with Crippen molar-refractivity contribution >= 4 is 34.2 Å². The van der Waals surface area contributed by atoms with E-state index in [1.165, 1.54) is 64.4 Å². The number of halogens is 1. The molecule has 0 aliphatic rings. The molecule has 0 unspecified atom stereocenters. The Morgan fingerprint density at radius 1 is 0.875 bits per heavy atom. The van der Waals surface area contributed by atoms with Crippen molar-refractivity contribution in [1.82, 2.24) is 9.88 Å². The lowest BCUT2D eigenvalue weighted by atomic mass is 10.0. The number of aromatic nitrogens is 1. The minimum atomic E-state index is 0. The molecule has 2 nitrogen and oxygen atoms in total. The van der Waals surface area contributed by atoms with E-state index in [0.717, 1.165) is 6.54 Å². The number of hydrogen-bond acceptors (Lipinski definition) is 1. The van der Waals surface area contributed by atoms with Crippen molar-refractivity contribution in [2.45, 2.75) is 47.1 Å². The molecular formula is C21H29ClN2. The van der Waals surface area contributed by atoms with E-state index < -0.39 is 0 Å². The molecule has 130 valence electrons. The molecule has 0 bridgehead atoms. The van der Waals surface area contributed by atoms with Crippen molar-refractivity contribution in [3.8, 4) is 0 Å². The van der Waals surface area contributed by atoms with Crippen LogP contribution in [0.2, 0.25) is 0 Å². The fourth-order valence-corrected chi connectivity index (χ4v) is 3.70. The van der Waals surface area contributed by atoms with Gasteiger partial charge in [0.25, 0.3) is 0 Å². The van der Waals surface area contributed by atoms with Gasteiger partial charge >= 0.3 is 0 Å². The maximum absolute atomic E-state index is 3.65. The molecule has 0 aliphatic heterocycles. The lowest BCUT2D eigenvalue weighted by molar-refractivity contribution is 0.267. The maximum atomic E-state index is 3.65. The molecule has 1 heterocycles. The first-order chi connectivity index (χ1) is 11.2. The normalized spacial score (nSPS) is 11.4. The Labute approximate surface area is 151 Å². The van der Waals surface area contributed by atoms with Gasteiger partial charge in [0.05, 0.1) is 0 Å². The second kappa shape index (κ2) is 8.04. The van der Waals surface area contributed by atoms with E-state index in [0.29, 0.717) is 0 Å². The summed E-state index contributed by atoms with van der Waals surface area (Å²) in [6.07, 6.45) is 2.42. The number of fused-ring (bicyclic) bond motifs is 3. The van der Waals surface area contributed by atoms with Crippen LogP contribution in [0.15, 0.2) is 30.3 Å². The van der Waals surface area contributed by atoms with Crippen LogP contribution in [0, 0.1) is 13.8 Å². The van der Waals surface area contributed by atoms with Crippen LogP contribution in [-0.2, 0) is 6.54 Å². The fourth-order valence-electron chi connectivity index (χ4n) is 3.70. The van der Waals surface area contributed by atoms with Gasteiger partial charge in [-0.2, -0.15) is 0 Å². The van der Waals surface area contributed by atoms with Crippen LogP contribution in [0.5, 0.6) is 0 Å². The van der Waals surface area contributed by atoms with Crippen molar-refractivity contribution in [2.24, 2.45) is 0 Å². The number of aryl methyl sites for hydroxylation is 2. The third kappa shape index (κ3) is 3.45. The summed E-state index contributed by atoms with van der Waals surface area (Å²) in [6.45, 7) is 12.3. The summed E-state index contributed by atoms with van der Waals surface area (Å²) in [6, 6.07) is 11.2. The summed E-state index contributed by atoms with van der Waals surface area (Å²) in [5.74, 6) is 0. The smallest absolute Gasteiger partial charge is 0.0497 e. The quantitative estimate of drug-likeness (QED) is 0.582. The number of rotatable bonds is 6. The van der Waals surface area contributed by atoms with Crippen LogP contribution in [0.25, 0.3) is 21.8 Å². The van der Waals surface area contributed by atoms with Gasteiger partial charge in [0.2, 0.25) is 0 Å². The van der Waals surface area contributed by atoms with Gasteiger partial charge in [-0.3, -0.25) is 4.90 Å². The van der Waals surface area contributed by atoms with Crippen LogP contribution in [-0.4, -0.2) is 23.0 Å². The highest BCUT2D eigenvalue weighted by Crippen LogP contribution is 2.33. The van der Waals surface area contributed by atoms with Gasteiger partial charge in [-0.25, -0.2) is 0 Å². The van der Waals surface area contributed by atoms with Gasteiger partial charge < -0.3 is 4.98 Å². The molecule has 0 saturated heterocycles. The monoisotopic (exact) mass is 344 g/mol. The number of H-pyrrole nitrogens is 1. The second-order valence-electron chi connectivity index (χ2n) is 6.69. The summed E-state index contributed by atoms with van der Waals surface area (Å²) >= 11 is 0. The Bertz CT molecular complexity index is 813. The number of hydrogen-bond donors (Lipinski definition) is 1. The first kappa shape index (κ1) is 18.8. The van der Waals surface area contributed by atoms with Crippen LogP contribution in [0.3, 0.4) is 0 Å². The van der Waals surface area contributed by atoms with Gasteiger partial charge in [-0.15, -0.1) is 12.4 Å². The van der Waals surface area contributed by atoms with Gasteiger partial charge in [-0.05, 0) is 62.5 Å². The molecule has 2 aromatic carbocycles. The first-order valence-corrected chi connectivity index (χ1v) is 8.87. The Hall–Kier alpha value is -1.51. The predicted octanol–water partition coefficient (Wildman–Crippen LogP) is 5.98. The Morgan fingerprint density at radius 2 is 1.54 bits per heavy atom. The molecule has 3 heteroatoms. The zero-order chi connectivity index (χ0) is 16.4. The van der Waals surface area contributed by atoms with E-state index in [2.05, 4.69) is 67.9 Å². The summed E-state index contributed by atoms with van der Waals surface area (Å²) in [5, 5.41) is 2.82. The third-order valence-electron chi connectivity index (χ3n) is 4.76. The predicted molar refractivity (Wildman–Crippen MR) is 108 cm³/mol. The topological polar surface area (TPSA) is 19.0 Å². The lowest BCUT2D eigenvalue weighted by Gasteiger charge is -2.21. The molecule has 0 spiro atoms. The zero-order valence-corrected chi connectivity index (χ0v) is 16.1. The molecule has 0 saturated carbocycles. The molecule has 0 fully saturated rings. The number of benzene rings is 2. The van der Waals surface area contributed by atoms with E-state index >= 15 is 0 Å². The van der Waals surface area contributed by atoms with Crippen molar-refractivity contribution in [2.75, 3.05) is 13.1 Å². The Balaban J connectivity index is 0.00000208. The zero-order valence-electron chi connectivity index (χ0n) is 15.3. The first-order valence-electron chi connectivity index (χ1n) is 8.87. The lowest BCUT2D eigenvalue weighted by Crippen LogP contribution is -2.24. The van der Waals surface area contributed by atoms with Crippen LogP contribution < -0.4 is 0 Å². The number of nitrogens with one attached hydrogen (secondary N) is 1. The van der Waals surface area contributed by atoms with E-state index in [4.69, 9.17) is 0 Å². The van der Waals surface area contributed by atoms with Crippen LogP contribution in [0.4, 0.5) is 0 Å². The van der Waals surface area contributed by atoms with Crippen molar-refractivity contribution in [3.05, 3.63) is 47.0 Å². The second-order valence-corrected chi connectivity index (χ2v) is 6.69. The minimum Gasteiger partial charge on any atom is -0.354 e. The van der Waals surface area contributed by atoms with Crippen LogP contribution in [0.1, 0.15) is 43.4 Å². The summed E-state index contributed by atoms with van der Waals surface area (Å²) in [7, 11) is 0. The minimum absolute atomic E-state index is 0. The largest absolute Gasteiger partial charge is 0.354 e. The molecule has 0 aliphatic carbocycles. The number of nitrogens with zero attached hydrogens (tertiary/aromatic N) is 1. The molecule has 3 aromatic rings. The molecular weight excluding hydrogens is 316 g/mol. The Morgan fingerprint density at radius 3 is 2.21 bits per heavy atom. The van der Waals surface area contributed by atoms with Crippen molar-refractivity contribution in [1.29, 1.82) is 0 Å². The van der Waals surface area contributed by atoms with Gasteiger partial charge in [0, 0.05) is 28.4 Å². The molecule has 1 aromatic heterocycles. The van der Waals surface area contributed by atoms with E-state index in [1.807, 2.05) is 0 Å². The average Bonchev–Trinajstić information content (AvgIpc) is 2.93. The average molecular weight is 345 g/mol. The van der Waals surface area contributed by atoms with E-state index in [1.54, 1.807) is 0 Å². The molecule has 3 rings (SSSR count). The van der Waals surface area contributed by atoms with Gasteiger partial charge in [0.15, 0.2) is 0 Å². The molecule has 0 amide bonds. The van der Waals surface area contributed by atoms with Crippen molar-refractivity contribution < 1.29 is 0 Å². The summed E-state index contributed by atoms with van der Waals surface area (Å²) in [5.41, 5.74) is 6.70. The highest BCUT2D eigenvalue weighted by Gasteiger charge is 2.14. The molecule has 1 N–H and O–H groups in total. The maximum Gasteiger partial charge on any atom is 0.0497 e. The Kier molecular flexibility index (Phi) is 6.31. The highest BCUT2D eigenvalue weighted by atomic mass is 35.5. The van der Waals surface area contributed by atoms with Gasteiger partial charge in [0.1, 0.15) is 0 Å².